The van der Waals surface area contributed by atoms with E-state index in [0.717, 1.165) is 0 Å². The van der Waals surface area contributed by atoms with Gasteiger partial charge in [-0.05, 0) is 18.2 Å². The van der Waals surface area contributed by atoms with Crippen molar-refractivity contribution >= 4 is 11.7 Å². The topological polar surface area (TPSA) is 55.8 Å². The Morgan fingerprint density at radius 2 is 2.19 bits per heavy atom. The standard InChI is InChI=1S/C12H12O4/c1-15-10-5-3-2-4-9(10)11-6-8(7-13)12(14)16-11/h2-6,8,13H,7H2,1H3. The average Bonchev–Trinajstić information content (AvgIpc) is 2.70. The van der Waals surface area contributed by atoms with Crippen LogP contribution in [-0.2, 0) is 9.53 Å². The summed E-state index contributed by atoms with van der Waals surface area (Å²) < 4.78 is 10.2. The smallest absolute Gasteiger partial charge is 0.320 e. The van der Waals surface area contributed by atoms with E-state index in [1.54, 1.807) is 25.3 Å². The van der Waals surface area contributed by atoms with Gasteiger partial charge in [0.15, 0.2) is 0 Å². The number of hydrogen-bond donors (Lipinski definition) is 1. The van der Waals surface area contributed by atoms with Gasteiger partial charge in [-0.3, -0.25) is 4.79 Å². The molecule has 0 saturated carbocycles. The van der Waals surface area contributed by atoms with Crippen molar-refractivity contribution in [3.63, 3.8) is 0 Å². The van der Waals surface area contributed by atoms with Crippen LogP contribution in [0.1, 0.15) is 5.56 Å². The van der Waals surface area contributed by atoms with E-state index in [1.807, 2.05) is 12.1 Å². The van der Waals surface area contributed by atoms with Crippen LogP contribution in [0.5, 0.6) is 5.75 Å². The van der Waals surface area contributed by atoms with Crippen LogP contribution in [-0.4, -0.2) is 24.8 Å². The minimum absolute atomic E-state index is 0.239. The molecular formula is C12H12O4. The lowest BCUT2D eigenvalue weighted by Gasteiger charge is -2.07. The number of hydrogen-bond acceptors (Lipinski definition) is 4. The molecule has 0 amide bonds. The molecule has 0 bridgehead atoms. The van der Waals surface area contributed by atoms with Gasteiger partial charge in [0, 0.05) is 0 Å². The Morgan fingerprint density at radius 1 is 1.44 bits per heavy atom. The van der Waals surface area contributed by atoms with Crippen molar-refractivity contribution in [2.75, 3.05) is 13.7 Å². The van der Waals surface area contributed by atoms with Crippen molar-refractivity contribution in [3.8, 4) is 5.75 Å². The van der Waals surface area contributed by atoms with E-state index in [0.29, 0.717) is 17.1 Å². The third-order valence-corrected chi connectivity index (χ3v) is 2.43. The number of esters is 1. The minimum Gasteiger partial charge on any atom is -0.496 e. The van der Waals surface area contributed by atoms with Gasteiger partial charge in [-0.2, -0.15) is 0 Å². The molecule has 1 aliphatic rings. The first-order chi connectivity index (χ1) is 7.76. The van der Waals surface area contributed by atoms with Crippen LogP contribution in [0.2, 0.25) is 0 Å². The number of carbonyl (C=O) groups excluding carboxylic acids is 1. The molecule has 1 atom stereocenters. The minimum atomic E-state index is -0.570. The summed E-state index contributed by atoms with van der Waals surface area (Å²) in [6.07, 6.45) is 1.61. The van der Waals surface area contributed by atoms with Gasteiger partial charge < -0.3 is 14.6 Å². The molecule has 0 saturated heterocycles. The maximum atomic E-state index is 11.3. The SMILES string of the molecule is COc1ccccc1C1=CC(CO)C(=O)O1. The lowest BCUT2D eigenvalue weighted by atomic mass is 10.1. The molecule has 4 nitrogen and oxygen atoms in total. The van der Waals surface area contributed by atoms with Crippen molar-refractivity contribution in [1.29, 1.82) is 0 Å². The molecule has 16 heavy (non-hydrogen) atoms. The lowest BCUT2D eigenvalue weighted by Crippen LogP contribution is -2.11. The van der Waals surface area contributed by atoms with Gasteiger partial charge in [0.25, 0.3) is 0 Å². The molecule has 0 aliphatic carbocycles. The molecule has 0 radical (unpaired) electrons. The molecule has 1 aromatic carbocycles. The van der Waals surface area contributed by atoms with Gasteiger partial charge in [-0.25, -0.2) is 0 Å². The summed E-state index contributed by atoms with van der Waals surface area (Å²) >= 11 is 0. The third-order valence-electron chi connectivity index (χ3n) is 2.43. The Balaban J connectivity index is 2.35. The summed E-state index contributed by atoms with van der Waals surface area (Å²) in [6.45, 7) is -0.239. The maximum Gasteiger partial charge on any atom is 0.320 e. The molecule has 1 aromatic rings. The predicted octanol–water partition coefficient (Wildman–Crippen LogP) is 1.20. The molecule has 84 valence electrons. The second-order valence-corrected chi connectivity index (χ2v) is 3.44. The van der Waals surface area contributed by atoms with E-state index in [9.17, 15) is 4.79 Å². The average molecular weight is 220 g/mol. The van der Waals surface area contributed by atoms with E-state index in [-0.39, 0.29) is 6.61 Å². The maximum absolute atomic E-state index is 11.3. The zero-order chi connectivity index (χ0) is 11.5. The first-order valence-corrected chi connectivity index (χ1v) is 4.94. The number of cyclic esters (lactones) is 1. The van der Waals surface area contributed by atoms with Crippen LogP contribution >= 0.6 is 0 Å². The highest BCUT2D eigenvalue weighted by Gasteiger charge is 2.28. The van der Waals surface area contributed by atoms with Gasteiger partial charge in [0.1, 0.15) is 17.4 Å². The molecule has 1 heterocycles. The zero-order valence-corrected chi connectivity index (χ0v) is 8.84. The van der Waals surface area contributed by atoms with Crippen molar-refractivity contribution in [3.05, 3.63) is 35.9 Å². The quantitative estimate of drug-likeness (QED) is 0.778. The number of benzene rings is 1. The Labute approximate surface area is 93.1 Å². The van der Waals surface area contributed by atoms with Gasteiger partial charge in [-0.15, -0.1) is 0 Å². The number of methoxy groups -OCH3 is 1. The second-order valence-electron chi connectivity index (χ2n) is 3.44. The largest absolute Gasteiger partial charge is 0.496 e. The first-order valence-electron chi connectivity index (χ1n) is 4.94. The number of aliphatic hydroxyl groups is 1. The van der Waals surface area contributed by atoms with Crippen LogP contribution < -0.4 is 4.74 Å². The van der Waals surface area contributed by atoms with Gasteiger partial charge in [-0.1, -0.05) is 12.1 Å². The predicted molar refractivity (Wildman–Crippen MR) is 57.6 cm³/mol. The number of para-hydroxylation sites is 1. The number of ether oxygens (including phenoxy) is 2. The molecular weight excluding hydrogens is 208 g/mol. The van der Waals surface area contributed by atoms with E-state index in [4.69, 9.17) is 14.6 Å². The van der Waals surface area contributed by atoms with Crippen molar-refractivity contribution < 1.29 is 19.4 Å². The third kappa shape index (κ3) is 1.79. The molecule has 0 aromatic heterocycles. The lowest BCUT2D eigenvalue weighted by molar-refractivity contribution is -0.138. The Hall–Kier alpha value is -1.81. The summed E-state index contributed by atoms with van der Waals surface area (Å²) in [6, 6.07) is 7.26. The highest BCUT2D eigenvalue weighted by atomic mass is 16.5. The molecule has 2 rings (SSSR count). The highest BCUT2D eigenvalue weighted by molar-refractivity contribution is 5.88. The molecule has 1 aliphatic heterocycles. The van der Waals surface area contributed by atoms with E-state index >= 15 is 0 Å². The molecule has 4 heteroatoms. The van der Waals surface area contributed by atoms with E-state index in [1.165, 1.54) is 0 Å². The zero-order valence-electron chi connectivity index (χ0n) is 8.84. The van der Waals surface area contributed by atoms with E-state index in [2.05, 4.69) is 0 Å². The van der Waals surface area contributed by atoms with Crippen molar-refractivity contribution in [2.24, 2.45) is 5.92 Å². The highest BCUT2D eigenvalue weighted by Crippen LogP contribution is 2.31. The Bertz CT molecular complexity index is 436. The van der Waals surface area contributed by atoms with Crippen LogP contribution in [0.3, 0.4) is 0 Å². The van der Waals surface area contributed by atoms with E-state index < -0.39 is 11.9 Å². The summed E-state index contributed by atoms with van der Waals surface area (Å²) in [4.78, 5) is 11.3. The van der Waals surface area contributed by atoms with Crippen LogP contribution in [0, 0.1) is 5.92 Å². The van der Waals surface area contributed by atoms with Gasteiger partial charge >= 0.3 is 5.97 Å². The fraction of sp³-hybridized carbons (Fsp3) is 0.250. The fourth-order valence-electron chi connectivity index (χ4n) is 1.59. The Kier molecular flexibility index (Phi) is 2.92. The molecule has 1 unspecified atom stereocenters. The number of aliphatic hydroxyl groups excluding tert-OH is 1. The van der Waals surface area contributed by atoms with Crippen LogP contribution in [0.4, 0.5) is 0 Å². The second kappa shape index (κ2) is 4.37. The first kappa shape index (κ1) is 10.7. The van der Waals surface area contributed by atoms with Crippen LogP contribution in [0.25, 0.3) is 5.76 Å². The Morgan fingerprint density at radius 3 is 2.81 bits per heavy atom. The summed E-state index contributed by atoms with van der Waals surface area (Å²) in [5.74, 6) is 0.0879. The molecule has 1 N–H and O–H groups in total. The number of rotatable bonds is 3. The monoisotopic (exact) mass is 220 g/mol. The summed E-state index contributed by atoms with van der Waals surface area (Å²) in [5, 5.41) is 8.95. The molecule has 0 fully saturated rings. The van der Waals surface area contributed by atoms with Crippen molar-refractivity contribution in [1.82, 2.24) is 0 Å². The summed E-state index contributed by atoms with van der Waals surface area (Å²) in [7, 11) is 1.56. The van der Waals surface area contributed by atoms with Crippen molar-refractivity contribution in [2.45, 2.75) is 0 Å². The summed E-state index contributed by atoms with van der Waals surface area (Å²) in [5.41, 5.74) is 0.717. The fourth-order valence-corrected chi connectivity index (χ4v) is 1.59. The number of carbonyl (C=O) groups is 1. The molecule has 0 spiro atoms. The normalized spacial score (nSPS) is 19.2. The van der Waals surface area contributed by atoms with Crippen LogP contribution in [0.15, 0.2) is 30.3 Å². The van der Waals surface area contributed by atoms with Gasteiger partial charge in [0.05, 0.1) is 19.3 Å². The van der Waals surface area contributed by atoms with Gasteiger partial charge in [0.2, 0.25) is 0 Å².